The molecule has 1 N–H and O–H groups in total. The van der Waals surface area contributed by atoms with E-state index in [-0.39, 0.29) is 17.3 Å². The number of nitrogens with zero attached hydrogens (tertiary/aromatic N) is 6. The van der Waals surface area contributed by atoms with Gasteiger partial charge >= 0.3 is 12.4 Å². The van der Waals surface area contributed by atoms with Crippen LogP contribution in [0, 0.1) is 0 Å². The smallest absolute Gasteiger partial charge is 0.338 e. The maximum absolute atomic E-state index is 13.9. The third-order valence-electron chi connectivity index (χ3n) is 8.60. The SMILES string of the molecule is CN1CCN(c2ncc(-c3cccc4ccccc34)c(C(=O)N(C)Cc3cc(C(F)(F)F)cc(C(F)(F)F)c3)n2)CC1.CN1CCNCC1. The van der Waals surface area contributed by atoms with Crippen LogP contribution in [0.1, 0.15) is 27.2 Å². The van der Waals surface area contributed by atoms with Crippen LogP contribution in [0.2, 0.25) is 0 Å². The molecule has 0 bridgehead atoms. The molecule has 2 saturated heterocycles. The summed E-state index contributed by atoms with van der Waals surface area (Å²) in [6.07, 6.45) is -8.44. The Bertz CT molecular complexity index is 1710. The lowest BCUT2D eigenvalue weighted by Gasteiger charge is -2.32. The second kappa shape index (κ2) is 15.1. The molecule has 0 atom stereocenters. The van der Waals surface area contributed by atoms with Gasteiger partial charge in [-0.1, -0.05) is 42.5 Å². The van der Waals surface area contributed by atoms with E-state index in [0.717, 1.165) is 41.9 Å². The van der Waals surface area contributed by atoms with Gasteiger partial charge in [0.1, 0.15) is 5.69 Å². The summed E-state index contributed by atoms with van der Waals surface area (Å²) < 4.78 is 80.6. The lowest BCUT2D eigenvalue weighted by Crippen LogP contribution is -2.45. The van der Waals surface area contributed by atoms with Crippen LogP contribution in [-0.2, 0) is 18.9 Å². The van der Waals surface area contributed by atoms with Crippen LogP contribution < -0.4 is 10.2 Å². The van der Waals surface area contributed by atoms with Crippen molar-refractivity contribution in [3.05, 3.63) is 89.2 Å². The van der Waals surface area contributed by atoms with Gasteiger partial charge in [-0.05, 0) is 54.2 Å². The molecular weight excluding hydrogens is 648 g/mol. The predicted octanol–water partition coefficient (Wildman–Crippen LogP) is 5.88. The minimum Gasteiger partial charge on any atom is -0.338 e. The number of alkyl halides is 6. The maximum atomic E-state index is 13.9. The van der Waals surface area contributed by atoms with Gasteiger partial charge in [0, 0.05) is 77.7 Å². The number of carbonyl (C=O) groups excluding carboxylic acids is 1. The number of amides is 1. The fourth-order valence-corrected chi connectivity index (χ4v) is 5.77. The number of hydrogen-bond acceptors (Lipinski definition) is 7. The van der Waals surface area contributed by atoms with E-state index in [1.165, 1.54) is 20.1 Å². The number of likely N-dealkylation sites (N-methyl/N-ethyl adjacent to an activating group) is 2. The van der Waals surface area contributed by atoms with Crippen molar-refractivity contribution in [1.29, 1.82) is 0 Å². The Balaban J connectivity index is 0.000000595. The topological polar surface area (TPSA) is 67.8 Å². The van der Waals surface area contributed by atoms with Crippen LogP contribution in [0.3, 0.4) is 0 Å². The lowest BCUT2D eigenvalue weighted by molar-refractivity contribution is -0.143. The fourth-order valence-electron chi connectivity index (χ4n) is 5.77. The second-order valence-corrected chi connectivity index (χ2v) is 12.4. The van der Waals surface area contributed by atoms with Crippen LogP contribution in [0.4, 0.5) is 32.3 Å². The standard InChI is InChI=1S/C30H27F6N5O.C5H12N2/c1-39-10-12-41(13-11-39)28-37-17-25(24-9-5-7-20-6-3-4-8-23(20)24)26(38-28)27(42)40(2)18-19-14-21(29(31,32)33)16-22(15-19)30(34,35)36;1-7-4-2-6-3-5-7/h3-9,14-17H,10-13,18H2,1-2H3;6H,2-5H2,1H3. The first kappa shape index (κ1) is 36.0. The van der Waals surface area contributed by atoms with E-state index >= 15 is 0 Å². The van der Waals surface area contributed by atoms with Crippen molar-refractivity contribution in [2.24, 2.45) is 0 Å². The molecule has 1 aromatic heterocycles. The Hall–Kier alpha value is -4.27. The number of hydrogen-bond donors (Lipinski definition) is 1. The van der Waals surface area contributed by atoms with Crippen LogP contribution in [0.25, 0.3) is 21.9 Å². The van der Waals surface area contributed by atoms with Crippen LogP contribution in [0.5, 0.6) is 0 Å². The molecule has 2 fully saturated rings. The van der Waals surface area contributed by atoms with Gasteiger partial charge in [-0.25, -0.2) is 9.97 Å². The quantitative estimate of drug-likeness (QED) is 0.263. The first-order valence-electron chi connectivity index (χ1n) is 15.9. The van der Waals surface area contributed by atoms with Gasteiger partial charge in [-0.3, -0.25) is 4.79 Å². The molecule has 0 radical (unpaired) electrons. The van der Waals surface area contributed by atoms with Crippen LogP contribution in [-0.4, -0.2) is 104 Å². The summed E-state index contributed by atoms with van der Waals surface area (Å²) in [6.45, 7) is 7.00. The molecule has 2 aliphatic rings. The predicted molar refractivity (Wildman–Crippen MR) is 177 cm³/mol. The first-order valence-corrected chi connectivity index (χ1v) is 15.9. The highest BCUT2D eigenvalue weighted by Crippen LogP contribution is 2.37. The third-order valence-corrected chi connectivity index (χ3v) is 8.60. The van der Waals surface area contributed by atoms with Crippen molar-refractivity contribution in [3.63, 3.8) is 0 Å². The molecule has 0 aliphatic carbocycles. The molecule has 1 amide bonds. The number of anilines is 1. The Labute approximate surface area is 281 Å². The molecule has 2 aliphatic heterocycles. The van der Waals surface area contributed by atoms with Crippen molar-refractivity contribution in [2.75, 3.05) is 78.4 Å². The minimum absolute atomic E-state index is 0.000743. The van der Waals surface area contributed by atoms with E-state index in [0.29, 0.717) is 42.3 Å². The maximum Gasteiger partial charge on any atom is 0.416 e. The molecule has 3 heterocycles. The number of nitrogens with one attached hydrogen (secondary N) is 1. The van der Waals surface area contributed by atoms with E-state index in [1.54, 1.807) is 6.20 Å². The van der Waals surface area contributed by atoms with Gasteiger partial charge in [-0.15, -0.1) is 0 Å². The molecule has 0 unspecified atom stereocenters. The highest BCUT2D eigenvalue weighted by molar-refractivity contribution is 6.04. The molecule has 49 heavy (non-hydrogen) atoms. The first-order chi connectivity index (χ1) is 23.2. The normalized spacial score (nSPS) is 16.3. The molecule has 14 heteroatoms. The number of carbonyl (C=O) groups is 1. The van der Waals surface area contributed by atoms with Gasteiger partial charge in [0.25, 0.3) is 5.91 Å². The largest absolute Gasteiger partial charge is 0.416 e. The highest BCUT2D eigenvalue weighted by Gasteiger charge is 2.37. The average molecular weight is 688 g/mol. The number of aromatic nitrogens is 2. The van der Waals surface area contributed by atoms with E-state index < -0.39 is 35.9 Å². The van der Waals surface area contributed by atoms with Gasteiger partial charge in [0.15, 0.2) is 0 Å². The van der Waals surface area contributed by atoms with Gasteiger partial charge < -0.3 is 24.9 Å². The fraction of sp³-hybridized carbons (Fsp3) is 0.400. The molecule has 3 aromatic carbocycles. The summed E-state index contributed by atoms with van der Waals surface area (Å²) in [5.41, 5.74) is -2.11. The van der Waals surface area contributed by atoms with Gasteiger partial charge in [0.2, 0.25) is 5.95 Å². The highest BCUT2D eigenvalue weighted by atomic mass is 19.4. The molecular formula is C35H39F6N7O. The molecule has 0 spiro atoms. The average Bonchev–Trinajstić information content (AvgIpc) is 3.07. The Morgan fingerprint density at radius 3 is 1.98 bits per heavy atom. The lowest BCUT2D eigenvalue weighted by atomic mass is 9.97. The summed E-state index contributed by atoms with van der Waals surface area (Å²) in [7, 11) is 5.46. The summed E-state index contributed by atoms with van der Waals surface area (Å²) in [5.74, 6) is -0.344. The molecule has 8 nitrogen and oxygen atoms in total. The number of halogens is 6. The molecule has 4 aromatic rings. The Morgan fingerprint density at radius 1 is 0.796 bits per heavy atom. The Morgan fingerprint density at radius 2 is 1.39 bits per heavy atom. The van der Waals surface area contributed by atoms with E-state index in [4.69, 9.17) is 0 Å². The number of rotatable bonds is 5. The summed E-state index contributed by atoms with van der Waals surface area (Å²) in [6, 6.07) is 14.4. The van der Waals surface area contributed by atoms with E-state index in [2.05, 4.69) is 32.1 Å². The van der Waals surface area contributed by atoms with Crippen molar-refractivity contribution in [2.45, 2.75) is 18.9 Å². The number of benzene rings is 3. The number of fused-ring (bicyclic) bond motifs is 1. The summed E-state index contributed by atoms with van der Waals surface area (Å²) in [5, 5.41) is 5.02. The monoisotopic (exact) mass is 687 g/mol. The van der Waals surface area contributed by atoms with Crippen molar-refractivity contribution in [3.8, 4) is 11.1 Å². The number of piperazine rings is 2. The second-order valence-electron chi connectivity index (χ2n) is 12.4. The van der Waals surface area contributed by atoms with Crippen LogP contribution in [0.15, 0.2) is 66.9 Å². The third kappa shape index (κ3) is 9.05. The van der Waals surface area contributed by atoms with E-state index in [9.17, 15) is 31.1 Å². The zero-order chi connectivity index (χ0) is 35.3. The van der Waals surface area contributed by atoms with Crippen molar-refractivity contribution < 1.29 is 31.1 Å². The Kier molecular flexibility index (Phi) is 11.1. The zero-order valence-corrected chi connectivity index (χ0v) is 27.6. The molecule has 262 valence electrons. The van der Waals surface area contributed by atoms with Gasteiger partial charge in [0.05, 0.1) is 11.1 Å². The van der Waals surface area contributed by atoms with Gasteiger partial charge in [-0.2, -0.15) is 26.3 Å². The molecule has 6 rings (SSSR count). The zero-order valence-electron chi connectivity index (χ0n) is 27.6. The van der Waals surface area contributed by atoms with Crippen molar-refractivity contribution >= 4 is 22.6 Å². The van der Waals surface area contributed by atoms with E-state index in [1.807, 2.05) is 54.4 Å². The summed E-state index contributed by atoms with van der Waals surface area (Å²) >= 11 is 0. The minimum atomic E-state index is -5.00. The van der Waals surface area contributed by atoms with Crippen molar-refractivity contribution in [1.82, 2.24) is 30.0 Å². The molecule has 0 saturated carbocycles. The van der Waals surface area contributed by atoms with Crippen LogP contribution >= 0.6 is 0 Å². The summed E-state index contributed by atoms with van der Waals surface area (Å²) in [4.78, 5) is 30.6.